The van der Waals surface area contributed by atoms with Crippen molar-refractivity contribution in [2.45, 2.75) is 39.0 Å². The maximum Gasteiger partial charge on any atom is 0.0746 e. The second-order valence-corrected chi connectivity index (χ2v) is 7.66. The molecule has 0 saturated heterocycles. The molecular weight excluding hydrogens is 290 g/mol. The summed E-state index contributed by atoms with van der Waals surface area (Å²) in [5.41, 5.74) is 9.14. The number of rotatable bonds is 1. The SMILES string of the molecule is CC(C)(C)c1cc(-c2ccccc2)c2c(n1)-c1ccccc1CC2. The first-order valence-corrected chi connectivity index (χ1v) is 8.72. The van der Waals surface area contributed by atoms with Crippen molar-refractivity contribution in [1.82, 2.24) is 4.98 Å². The minimum absolute atomic E-state index is 0.0327. The van der Waals surface area contributed by atoms with Crippen LogP contribution >= 0.6 is 0 Å². The van der Waals surface area contributed by atoms with E-state index in [9.17, 15) is 0 Å². The molecule has 0 N–H and O–H groups in total. The fourth-order valence-electron chi connectivity index (χ4n) is 3.54. The molecule has 0 radical (unpaired) electrons. The number of nitrogens with zero attached hydrogens (tertiary/aromatic N) is 1. The van der Waals surface area contributed by atoms with Crippen LogP contribution in [-0.4, -0.2) is 4.98 Å². The molecule has 0 amide bonds. The van der Waals surface area contributed by atoms with Gasteiger partial charge in [-0.25, -0.2) is 0 Å². The molecule has 0 aliphatic heterocycles. The van der Waals surface area contributed by atoms with Crippen LogP contribution in [-0.2, 0) is 18.3 Å². The molecule has 1 nitrogen and oxygen atoms in total. The van der Waals surface area contributed by atoms with Crippen molar-refractivity contribution in [2.24, 2.45) is 0 Å². The predicted octanol–water partition coefficient (Wildman–Crippen LogP) is 5.81. The predicted molar refractivity (Wildman–Crippen MR) is 101 cm³/mol. The first-order valence-electron chi connectivity index (χ1n) is 8.72. The quantitative estimate of drug-likeness (QED) is 0.552. The zero-order chi connectivity index (χ0) is 16.7. The van der Waals surface area contributed by atoms with E-state index in [1.54, 1.807) is 0 Å². The van der Waals surface area contributed by atoms with E-state index in [0.717, 1.165) is 18.5 Å². The Morgan fingerprint density at radius 3 is 2.25 bits per heavy atom. The van der Waals surface area contributed by atoms with Crippen molar-refractivity contribution in [2.75, 3.05) is 0 Å². The Bertz CT molecular complexity index is 868. The molecule has 3 aromatic rings. The molecule has 1 heteroatoms. The van der Waals surface area contributed by atoms with Crippen LogP contribution in [0.15, 0.2) is 60.7 Å². The average Bonchev–Trinajstić information content (AvgIpc) is 2.60. The standard InChI is InChI=1S/C23H23N/c1-23(2,3)21-15-20(16-9-5-4-6-10-16)19-14-13-17-11-7-8-12-18(17)22(19)24-21/h4-12,15H,13-14H2,1-3H3. The van der Waals surface area contributed by atoms with Crippen molar-refractivity contribution in [1.29, 1.82) is 0 Å². The molecule has 1 heterocycles. The Hall–Kier alpha value is -2.41. The molecule has 0 saturated carbocycles. The normalized spacial score (nSPS) is 13.3. The lowest BCUT2D eigenvalue weighted by atomic mass is 9.82. The number of benzene rings is 2. The van der Waals surface area contributed by atoms with E-state index in [-0.39, 0.29) is 5.41 Å². The van der Waals surface area contributed by atoms with Gasteiger partial charge in [-0.05, 0) is 41.2 Å². The highest BCUT2D eigenvalue weighted by Gasteiger charge is 2.25. The second-order valence-electron chi connectivity index (χ2n) is 7.66. The minimum Gasteiger partial charge on any atom is -0.252 e. The van der Waals surface area contributed by atoms with Crippen molar-refractivity contribution in [3.8, 4) is 22.4 Å². The van der Waals surface area contributed by atoms with Crippen molar-refractivity contribution >= 4 is 0 Å². The lowest BCUT2D eigenvalue weighted by Crippen LogP contribution is -2.17. The van der Waals surface area contributed by atoms with Crippen LogP contribution in [0.5, 0.6) is 0 Å². The summed E-state index contributed by atoms with van der Waals surface area (Å²) in [5, 5.41) is 0. The van der Waals surface area contributed by atoms with Gasteiger partial charge >= 0.3 is 0 Å². The van der Waals surface area contributed by atoms with Gasteiger partial charge in [-0.15, -0.1) is 0 Å². The number of aromatic nitrogens is 1. The van der Waals surface area contributed by atoms with Crippen LogP contribution < -0.4 is 0 Å². The van der Waals surface area contributed by atoms with Crippen molar-refractivity contribution < 1.29 is 0 Å². The van der Waals surface area contributed by atoms with Gasteiger partial charge in [0.2, 0.25) is 0 Å². The first-order chi connectivity index (χ1) is 11.5. The van der Waals surface area contributed by atoms with Gasteiger partial charge in [0.15, 0.2) is 0 Å². The largest absolute Gasteiger partial charge is 0.252 e. The maximum absolute atomic E-state index is 5.11. The zero-order valence-corrected chi connectivity index (χ0v) is 14.6. The van der Waals surface area contributed by atoms with E-state index in [1.807, 2.05) is 0 Å². The van der Waals surface area contributed by atoms with Crippen molar-refractivity contribution in [3.63, 3.8) is 0 Å². The van der Waals surface area contributed by atoms with Gasteiger partial charge in [0, 0.05) is 16.7 Å². The summed E-state index contributed by atoms with van der Waals surface area (Å²) in [7, 11) is 0. The molecule has 0 atom stereocenters. The molecule has 4 rings (SSSR count). The second kappa shape index (κ2) is 5.59. The smallest absolute Gasteiger partial charge is 0.0746 e. The number of aryl methyl sites for hydroxylation is 1. The van der Waals surface area contributed by atoms with Gasteiger partial charge in [0.05, 0.1) is 5.69 Å². The number of pyridine rings is 1. The van der Waals surface area contributed by atoms with Crippen LogP contribution in [0.4, 0.5) is 0 Å². The highest BCUT2D eigenvalue weighted by molar-refractivity contribution is 5.79. The Morgan fingerprint density at radius 1 is 0.792 bits per heavy atom. The van der Waals surface area contributed by atoms with E-state index in [1.165, 1.54) is 33.5 Å². The summed E-state index contributed by atoms with van der Waals surface area (Å²) in [6.07, 6.45) is 2.16. The van der Waals surface area contributed by atoms with E-state index in [2.05, 4.69) is 81.4 Å². The molecule has 24 heavy (non-hydrogen) atoms. The summed E-state index contributed by atoms with van der Waals surface area (Å²) in [6, 6.07) is 21.8. The fourth-order valence-corrected chi connectivity index (χ4v) is 3.54. The number of fused-ring (bicyclic) bond motifs is 3. The van der Waals surface area contributed by atoms with Crippen molar-refractivity contribution in [3.05, 3.63) is 77.5 Å². The molecular formula is C23H23N. The summed E-state index contributed by atoms with van der Waals surface area (Å²) >= 11 is 0. The maximum atomic E-state index is 5.11. The molecule has 1 aromatic heterocycles. The first kappa shape index (κ1) is 15.1. The Labute approximate surface area is 144 Å². The van der Waals surface area contributed by atoms with Gasteiger partial charge in [-0.1, -0.05) is 75.4 Å². The molecule has 0 spiro atoms. The zero-order valence-electron chi connectivity index (χ0n) is 14.6. The Balaban J connectivity index is 2.03. The lowest BCUT2D eigenvalue weighted by molar-refractivity contribution is 0.569. The van der Waals surface area contributed by atoms with E-state index in [0.29, 0.717) is 0 Å². The van der Waals surface area contributed by atoms with Gasteiger partial charge in [-0.2, -0.15) is 0 Å². The molecule has 1 aliphatic rings. The average molecular weight is 313 g/mol. The van der Waals surface area contributed by atoms with Gasteiger partial charge in [0.1, 0.15) is 0 Å². The number of hydrogen-bond donors (Lipinski definition) is 0. The Kier molecular flexibility index (Phi) is 3.53. The van der Waals surface area contributed by atoms with Crippen LogP contribution in [0.25, 0.3) is 22.4 Å². The van der Waals surface area contributed by atoms with Crippen LogP contribution in [0.2, 0.25) is 0 Å². The third-order valence-electron chi connectivity index (χ3n) is 4.89. The lowest BCUT2D eigenvalue weighted by Gasteiger charge is -2.26. The summed E-state index contributed by atoms with van der Waals surface area (Å²) in [6.45, 7) is 6.72. The third kappa shape index (κ3) is 2.54. The molecule has 1 aliphatic carbocycles. The van der Waals surface area contributed by atoms with E-state index < -0.39 is 0 Å². The van der Waals surface area contributed by atoms with Gasteiger partial charge < -0.3 is 0 Å². The number of hydrogen-bond acceptors (Lipinski definition) is 1. The molecule has 0 bridgehead atoms. The Morgan fingerprint density at radius 2 is 1.50 bits per heavy atom. The summed E-state index contributed by atoms with van der Waals surface area (Å²) < 4.78 is 0. The molecule has 0 unspecified atom stereocenters. The fraction of sp³-hybridized carbons (Fsp3) is 0.261. The molecule has 0 fully saturated rings. The monoisotopic (exact) mass is 313 g/mol. The highest BCUT2D eigenvalue weighted by atomic mass is 14.7. The molecule has 2 aromatic carbocycles. The van der Waals surface area contributed by atoms with Crippen LogP contribution in [0.3, 0.4) is 0 Å². The van der Waals surface area contributed by atoms with E-state index >= 15 is 0 Å². The highest BCUT2D eigenvalue weighted by Crippen LogP contribution is 2.39. The van der Waals surface area contributed by atoms with Crippen LogP contribution in [0, 0.1) is 0 Å². The molecule has 120 valence electrons. The minimum atomic E-state index is 0.0327. The summed E-state index contributed by atoms with van der Waals surface area (Å²) in [5.74, 6) is 0. The van der Waals surface area contributed by atoms with Gasteiger partial charge in [0.25, 0.3) is 0 Å². The summed E-state index contributed by atoms with van der Waals surface area (Å²) in [4.78, 5) is 5.11. The topological polar surface area (TPSA) is 12.9 Å². The van der Waals surface area contributed by atoms with E-state index in [4.69, 9.17) is 4.98 Å². The third-order valence-corrected chi connectivity index (χ3v) is 4.89. The van der Waals surface area contributed by atoms with Gasteiger partial charge in [-0.3, -0.25) is 4.98 Å². The van der Waals surface area contributed by atoms with Crippen LogP contribution in [0.1, 0.15) is 37.6 Å².